The van der Waals surface area contributed by atoms with Gasteiger partial charge in [-0.25, -0.2) is 0 Å². The first kappa shape index (κ1) is 18.9. The average Bonchev–Trinajstić information content (AvgIpc) is 3.31. The molecule has 0 saturated heterocycles. The normalized spacial score (nSPS) is 14.2. The molecule has 148 valence electrons. The van der Waals surface area contributed by atoms with Crippen LogP contribution in [0.5, 0.6) is 0 Å². The Morgan fingerprint density at radius 3 is 2.45 bits per heavy atom. The van der Waals surface area contributed by atoms with Crippen LogP contribution >= 0.6 is 0 Å². The number of rotatable bonds is 8. The first-order chi connectivity index (χ1) is 14.1. The summed E-state index contributed by atoms with van der Waals surface area (Å²) in [4.78, 5) is 26.2. The molecule has 6 nitrogen and oxygen atoms in total. The summed E-state index contributed by atoms with van der Waals surface area (Å²) in [5, 5.41) is 7.75. The van der Waals surface area contributed by atoms with Gasteiger partial charge in [-0.2, -0.15) is 5.10 Å². The summed E-state index contributed by atoms with van der Waals surface area (Å²) in [7, 11) is 0. The predicted octanol–water partition coefficient (Wildman–Crippen LogP) is 3.81. The maximum atomic E-state index is 12.4. The van der Waals surface area contributed by atoms with Gasteiger partial charge in [-0.05, 0) is 55.7 Å². The van der Waals surface area contributed by atoms with Crippen LogP contribution in [0.1, 0.15) is 46.0 Å². The molecule has 1 aliphatic heterocycles. The molecule has 2 heterocycles. The molecule has 1 unspecified atom stereocenters. The second kappa shape index (κ2) is 8.31. The van der Waals surface area contributed by atoms with Gasteiger partial charge in [-0.3, -0.25) is 19.2 Å². The molecule has 0 spiro atoms. The van der Waals surface area contributed by atoms with Crippen LogP contribution in [-0.2, 0) is 6.54 Å². The van der Waals surface area contributed by atoms with E-state index in [1.54, 1.807) is 30.5 Å². The van der Waals surface area contributed by atoms with Crippen molar-refractivity contribution in [1.82, 2.24) is 14.7 Å². The van der Waals surface area contributed by atoms with Gasteiger partial charge in [-0.1, -0.05) is 24.3 Å². The number of fused-ring (bicyclic) bond motifs is 1. The van der Waals surface area contributed by atoms with Crippen LogP contribution in [0, 0.1) is 0 Å². The fraction of sp³-hybridized carbons (Fsp3) is 0.261. The van der Waals surface area contributed by atoms with Crippen LogP contribution in [0.4, 0.5) is 5.69 Å². The van der Waals surface area contributed by atoms with Gasteiger partial charge in [0.2, 0.25) is 0 Å². The van der Waals surface area contributed by atoms with Gasteiger partial charge >= 0.3 is 0 Å². The monoisotopic (exact) mass is 388 g/mol. The molecule has 1 N–H and O–H groups in total. The summed E-state index contributed by atoms with van der Waals surface area (Å²) in [6.45, 7) is 3.29. The maximum absolute atomic E-state index is 12.4. The van der Waals surface area contributed by atoms with E-state index in [2.05, 4.69) is 29.5 Å². The van der Waals surface area contributed by atoms with E-state index in [0.717, 1.165) is 25.1 Å². The van der Waals surface area contributed by atoms with E-state index in [1.807, 2.05) is 29.1 Å². The van der Waals surface area contributed by atoms with Crippen molar-refractivity contribution in [1.29, 1.82) is 0 Å². The molecule has 1 aliphatic rings. The molecule has 29 heavy (non-hydrogen) atoms. The van der Waals surface area contributed by atoms with Gasteiger partial charge in [0.15, 0.2) is 0 Å². The van der Waals surface area contributed by atoms with Gasteiger partial charge in [0.05, 0.1) is 17.7 Å². The highest BCUT2D eigenvalue weighted by molar-refractivity contribution is 6.21. The van der Waals surface area contributed by atoms with Crippen LogP contribution in [0.25, 0.3) is 0 Å². The molecule has 3 aromatic rings. The maximum Gasteiger partial charge on any atom is 0.261 e. The minimum absolute atomic E-state index is 0.183. The number of amides is 2. The summed E-state index contributed by atoms with van der Waals surface area (Å²) in [5.74, 6) is -0.366. The molecule has 1 aromatic heterocycles. The minimum atomic E-state index is -0.183. The molecule has 1 atom stereocenters. The van der Waals surface area contributed by atoms with E-state index in [-0.39, 0.29) is 17.9 Å². The Kier molecular flexibility index (Phi) is 5.42. The fourth-order valence-electron chi connectivity index (χ4n) is 3.69. The van der Waals surface area contributed by atoms with Crippen LogP contribution in [0.2, 0.25) is 0 Å². The quantitative estimate of drug-likeness (QED) is 0.596. The third kappa shape index (κ3) is 4.21. The van der Waals surface area contributed by atoms with Crippen molar-refractivity contribution in [3.63, 3.8) is 0 Å². The van der Waals surface area contributed by atoms with Crippen molar-refractivity contribution in [2.24, 2.45) is 0 Å². The van der Waals surface area contributed by atoms with Crippen LogP contribution in [0.3, 0.4) is 0 Å². The molecule has 0 fully saturated rings. The number of anilines is 1. The summed E-state index contributed by atoms with van der Waals surface area (Å²) < 4.78 is 1.89. The molecule has 0 radical (unpaired) electrons. The number of nitrogens with one attached hydrogen (secondary N) is 1. The smallest absolute Gasteiger partial charge is 0.261 e. The summed E-state index contributed by atoms with van der Waals surface area (Å²) in [6.07, 6.45) is 5.34. The van der Waals surface area contributed by atoms with Crippen LogP contribution < -0.4 is 5.32 Å². The standard InChI is InChI=1S/C23H24N4O2/c1-17(25-19-9-4-8-18(15-19)16-26-13-6-12-24-26)7-5-14-27-22(28)20-10-2-3-11-21(20)23(27)29/h2-4,6,8-13,15,17,25H,5,7,14,16H2,1H3. The van der Waals surface area contributed by atoms with E-state index < -0.39 is 0 Å². The van der Waals surface area contributed by atoms with Gasteiger partial charge in [-0.15, -0.1) is 0 Å². The molecule has 0 aliphatic carbocycles. The SMILES string of the molecule is CC(CCCN1C(=O)c2ccccc2C1=O)Nc1cccc(Cn2cccn2)c1. The zero-order chi connectivity index (χ0) is 20.2. The highest BCUT2D eigenvalue weighted by atomic mass is 16.2. The lowest BCUT2D eigenvalue weighted by Crippen LogP contribution is -2.31. The summed E-state index contributed by atoms with van der Waals surface area (Å²) in [5.41, 5.74) is 3.26. The predicted molar refractivity (Wildman–Crippen MR) is 112 cm³/mol. The number of imide groups is 1. The highest BCUT2D eigenvalue weighted by Gasteiger charge is 2.34. The Morgan fingerprint density at radius 1 is 1.00 bits per heavy atom. The van der Waals surface area contributed by atoms with Crippen LogP contribution in [0.15, 0.2) is 67.0 Å². The largest absolute Gasteiger partial charge is 0.383 e. The second-order valence-electron chi connectivity index (χ2n) is 7.40. The second-order valence-corrected chi connectivity index (χ2v) is 7.40. The molecule has 2 aromatic carbocycles. The van der Waals surface area contributed by atoms with Gasteiger partial charge in [0, 0.05) is 30.7 Å². The molecular formula is C23H24N4O2. The van der Waals surface area contributed by atoms with Crippen molar-refractivity contribution in [2.75, 3.05) is 11.9 Å². The molecule has 0 bridgehead atoms. The van der Waals surface area contributed by atoms with Gasteiger partial charge < -0.3 is 5.32 Å². The lowest BCUT2D eigenvalue weighted by molar-refractivity contribution is 0.0651. The van der Waals surface area contributed by atoms with Crippen molar-refractivity contribution in [3.8, 4) is 0 Å². The number of carbonyl (C=O) groups is 2. The third-order valence-electron chi connectivity index (χ3n) is 5.14. The molecular weight excluding hydrogens is 364 g/mol. The third-order valence-corrected chi connectivity index (χ3v) is 5.14. The number of hydrogen-bond acceptors (Lipinski definition) is 4. The topological polar surface area (TPSA) is 67.2 Å². The van der Waals surface area contributed by atoms with Crippen molar-refractivity contribution in [2.45, 2.75) is 32.4 Å². The molecule has 2 amide bonds. The van der Waals surface area contributed by atoms with E-state index in [1.165, 1.54) is 10.5 Å². The van der Waals surface area contributed by atoms with E-state index in [4.69, 9.17) is 0 Å². The van der Waals surface area contributed by atoms with Crippen molar-refractivity contribution >= 4 is 17.5 Å². The van der Waals surface area contributed by atoms with Gasteiger partial charge in [0.1, 0.15) is 0 Å². The minimum Gasteiger partial charge on any atom is -0.383 e. The zero-order valence-electron chi connectivity index (χ0n) is 16.4. The molecule has 6 heteroatoms. The summed E-state index contributed by atoms with van der Waals surface area (Å²) in [6, 6.07) is 17.5. The average molecular weight is 388 g/mol. The number of benzene rings is 2. The first-order valence-corrected chi connectivity index (χ1v) is 9.90. The Morgan fingerprint density at radius 2 is 1.76 bits per heavy atom. The van der Waals surface area contributed by atoms with Gasteiger partial charge in [0.25, 0.3) is 11.8 Å². The lowest BCUT2D eigenvalue weighted by atomic mass is 10.1. The van der Waals surface area contributed by atoms with Crippen LogP contribution in [-0.4, -0.2) is 39.1 Å². The first-order valence-electron chi connectivity index (χ1n) is 9.90. The Bertz CT molecular complexity index is 978. The zero-order valence-corrected chi connectivity index (χ0v) is 16.4. The van der Waals surface area contributed by atoms with E-state index in [0.29, 0.717) is 17.7 Å². The Labute approximate surface area is 170 Å². The van der Waals surface area contributed by atoms with Crippen molar-refractivity contribution in [3.05, 3.63) is 83.7 Å². The van der Waals surface area contributed by atoms with Crippen molar-refractivity contribution < 1.29 is 9.59 Å². The number of nitrogens with zero attached hydrogens (tertiary/aromatic N) is 3. The fourth-order valence-corrected chi connectivity index (χ4v) is 3.69. The Hall–Kier alpha value is -3.41. The number of hydrogen-bond donors (Lipinski definition) is 1. The molecule has 0 saturated carbocycles. The lowest BCUT2D eigenvalue weighted by Gasteiger charge is -2.18. The van der Waals surface area contributed by atoms with E-state index >= 15 is 0 Å². The number of aromatic nitrogens is 2. The highest BCUT2D eigenvalue weighted by Crippen LogP contribution is 2.23. The van der Waals surface area contributed by atoms with E-state index in [9.17, 15) is 9.59 Å². The number of carbonyl (C=O) groups excluding carboxylic acids is 2. The Balaban J connectivity index is 1.28. The summed E-state index contributed by atoms with van der Waals surface area (Å²) >= 11 is 0. The molecule has 4 rings (SSSR count).